The molecule has 2 aromatic rings. The Balaban J connectivity index is 1.57. The van der Waals surface area contributed by atoms with Gasteiger partial charge >= 0.3 is 0 Å². The Bertz CT molecular complexity index is 690. The molecule has 21 heavy (non-hydrogen) atoms. The smallest absolute Gasteiger partial charge is 0.232 e. The number of amides is 1. The predicted molar refractivity (Wildman–Crippen MR) is 77.2 cm³/mol. The van der Waals surface area contributed by atoms with Gasteiger partial charge in [0.05, 0.1) is 5.92 Å². The maximum atomic E-state index is 12.3. The molecule has 5 nitrogen and oxygen atoms in total. The minimum Gasteiger partial charge on any atom is -0.339 e. The Labute approximate surface area is 123 Å². The van der Waals surface area contributed by atoms with Crippen molar-refractivity contribution >= 4 is 11.6 Å². The molecule has 1 saturated heterocycles. The van der Waals surface area contributed by atoms with E-state index in [0.717, 1.165) is 29.9 Å². The number of carbonyl (C=O) groups is 1. The largest absolute Gasteiger partial charge is 0.339 e. The van der Waals surface area contributed by atoms with E-state index in [2.05, 4.69) is 10.1 Å². The normalized spacial score (nSPS) is 22.0. The van der Waals surface area contributed by atoms with Gasteiger partial charge < -0.3 is 9.42 Å². The van der Waals surface area contributed by atoms with E-state index in [1.165, 1.54) is 0 Å². The standard InChI is InChI=1S/C16H17N3O2/c1-10-4-2-3-5-13(10)19-9-12(8-14(19)20)16-17-15(18-21-16)11-6-7-11/h2-5,11-12H,6-9H2,1H3. The first-order valence-electron chi connectivity index (χ1n) is 7.42. The van der Waals surface area contributed by atoms with E-state index < -0.39 is 0 Å². The van der Waals surface area contributed by atoms with Crippen molar-refractivity contribution in [3.05, 3.63) is 41.5 Å². The van der Waals surface area contributed by atoms with Gasteiger partial charge in [0.15, 0.2) is 5.82 Å². The van der Waals surface area contributed by atoms with Crippen LogP contribution >= 0.6 is 0 Å². The van der Waals surface area contributed by atoms with Crippen LogP contribution in [0, 0.1) is 6.92 Å². The Kier molecular flexibility index (Phi) is 2.80. The zero-order valence-corrected chi connectivity index (χ0v) is 12.0. The molecule has 1 aliphatic carbocycles. The summed E-state index contributed by atoms with van der Waals surface area (Å²) in [5.74, 6) is 2.04. The predicted octanol–water partition coefficient (Wildman–Crippen LogP) is 2.78. The quantitative estimate of drug-likeness (QED) is 0.869. The number of aromatic nitrogens is 2. The fourth-order valence-electron chi connectivity index (χ4n) is 2.89. The number of nitrogens with zero attached hydrogens (tertiary/aromatic N) is 3. The van der Waals surface area contributed by atoms with Gasteiger partial charge in [-0.3, -0.25) is 4.79 Å². The third-order valence-corrected chi connectivity index (χ3v) is 4.28. The second kappa shape index (κ2) is 4.69. The molecule has 0 radical (unpaired) electrons. The van der Waals surface area contributed by atoms with Crippen molar-refractivity contribution in [2.75, 3.05) is 11.4 Å². The summed E-state index contributed by atoms with van der Waals surface area (Å²) in [4.78, 5) is 18.6. The van der Waals surface area contributed by atoms with Crippen molar-refractivity contribution in [2.45, 2.75) is 38.0 Å². The second-order valence-corrected chi connectivity index (χ2v) is 5.96. The van der Waals surface area contributed by atoms with Crippen LogP contribution in [0.15, 0.2) is 28.8 Å². The summed E-state index contributed by atoms with van der Waals surface area (Å²) in [5.41, 5.74) is 2.09. The van der Waals surface area contributed by atoms with Crippen LogP contribution in [-0.2, 0) is 4.79 Å². The Morgan fingerprint density at radius 1 is 1.24 bits per heavy atom. The SMILES string of the molecule is Cc1ccccc1N1CC(c2nc(C3CC3)no2)CC1=O. The third kappa shape index (κ3) is 2.22. The molecule has 4 rings (SSSR count). The highest BCUT2D eigenvalue weighted by atomic mass is 16.5. The molecule has 1 aliphatic heterocycles. The fraction of sp³-hybridized carbons (Fsp3) is 0.438. The van der Waals surface area contributed by atoms with E-state index >= 15 is 0 Å². The molecule has 0 spiro atoms. The number of para-hydroxylation sites is 1. The van der Waals surface area contributed by atoms with Crippen molar-refractivity contribution in [1.82, 2.24) is 10.1 Å². The zero-order chi connectivity index (χ0) is 14.4. The summed E-state index contributed by atoms with van der Waals surface area (Å²) < 4.78 is 5.37. The summed E-state index contributed by atoms with van der Waals surface area (Å²) in [6.45, 7) is 2.64. The van der Waals surface area contributed by atoms with Crippen LogP contribution in [0.1, 0.15) is 48.4 Å². The fourth-order valence-corrected chi connectivity index (χ4v) is 2.89. The maximum absolute atomic E-state index is 12.3. The molecule has 1 aromatic carbocycles. The molecule has 1 unspecified atom stereocenters. The highest BCUT2D eigenvalue weighted by Crippen LogP contribution is 2.39. The molecule has 1 aromatic heterocycles. The van der Waals surface area contributed by atoms with Gasteiger partial charge in [0, 0.05) is 24.6 Å². The molecular formula is C16H17N3O2. The third-order valence-electron chi connectivity index (χ3n) is 4.28. The lowest BCUT2D eigenvalue weighted by Gasteiger charge is -2.18. The van der Waals surface area contributed by atoms with Crippen molar-refractivity contribution in [3.8, 4) is 0 Å². The van der Waals surface area contributed by atoms with E-state index in [0.29, 0.717) is 24.8 Å². The van der Waals surface area contributed by atoms with Gasteiger partial charge in [0.2, 0.25) is 11.8 Å². The van der Waals surface area contributed by atoms with Crippen LogP contribution in [0.4, 0.5) is 5.69 Å². The van der Waals surface area contributed by atoms with Crippen LogP contribution in [0.25, 0.3) is 0 Å². The van der Waals surface area contributed by atoms with Crippen molar-refractivity contribution in [1.29, 1.82) is 0 Å². The maximum Gasteiger partial charge on any atom is 0.232 e. The lowest BCUT2D eigenvalue weighted by Crippen LogP contribution is -2.25. The van der Waals surface area contributed by atoms with E-state index in [1.807, 2.05) is 36.1 Å². The van der Waals surface area contributed by atoms with Crippen LogP contribution in [0.3, 0.4) is 0 Å². The number of anilines is 1. The van der Waals surface area contributed by atoms with Crippen molar-refractivity contribution in [2.24, 2.45) is 0 Å². The number of hydrogen-bond acceptors (Lipinski definition) is 4. The van der Waals surface area contributed by atoms with Crippen LogP contribution in [0.2, 0.25) is 0 Å². The van der Waals surface area contributed by atoms with Gasteiger partial charge in [-0.15, -0.1) is 0 Å². The van der Waals surface area contributed by atoms with E-state index in [-0.39, 0.29) is 11.8 Å². The molecule has 2 aliphatic rings. The van der Waals surface area contributed by atoms with Crippen LogP contribution in [0.5, 0.6) is 0 Å². The summed E-state index contributed by atoms with van der Waals surface area (Å²) in [5, 5.41) is 4.05. The monoisotopic (exact) mass is 283 g/mol. The lowest BCUT2D eigenvalue weighted by atomic mass is 10.1. The average Bonchev–Trinajstić information content (AvgIpc) is 3.08. The molecule has 5 heteroatoms. The number of rotatable bonds is 3. The summed E-state index contributed by atoms with van der Waals surface area (Å²) in [6, 6.07) is 7.95. The topological polar surface area (TPSA) is 59.2 Å². The molecule has 1 amide bonds. The Hall–Kier alpha value is -2.17. The Morgan fingerprint density at radius 3 is 2.81 bits per heavy atom. The van der Waals surface area contributed by atoms with Crippen LogP contribution in [-0.4, -0.2) is 22.6 Å². The highest BCUT2D eigenvalue weighted by Gasteiger charge is 2.37. The molecular weight excluding hydrogens is 266 g/mol. The van der Waals surface area contributed by atoms with Crippen molar-refractivity contribution < 1.29 is 9.32 Å². The average molecular weight is 283 g/mol. The van der Waals surface area contributed by atoms with Crippen molar-refractivity contribution in [3.63, 3.8) is 0 Å². The number of carbonyl (C=O) groups excluding carboxylic acids is 1. The first-order chi connectivity index (χ1) is 10.2. The number of aryl methyl sites for hydroxylation is 1. The van der Waals surface area contributed by atoms with Crippen LogP contribution < -0.4 is 4.90 Å². The van der Waals surface area contributed by atoms with E-state index in [4.69, 9.17) is 4.52 Å². The Morgan fingerprint density at radius 2 is 2.05 bits per heavy atom. The first kappa shape index (κ1) is 12.6. The van der Waals surface area contributed by atoms with Gasteiger partial charge in [-0.1, -0.05) is 23.4 Å². The van der Waals surface area contributed by atoms with Gasteiger partial charge in [0.1, 0.15) is 0 Å². The second-order valence-electron chi connectivity index (χ2n) is 5.96. The lowest BCUT2D eigenvalue weighted by molar-refractivity contribution is -0.117. The van der Waals surface area contributed by atoms with E-state index in [9.17, 15) is 4.79 Å². The molecule has 1 atom stereocenters. The molecule has 1 saturated carbocycles. The number of hydrogen-bond donors (Lipinski definition) is 0. The van der Waals surface area contributed by atoms with Gasteiger partial charge in [-0.25, -0.2) is 0 Å². The molecule has 0 bridgehead atoms. The first-order valence-corrected chi connectivity index (χ1v) is 7.42. The highest BCUT2D eigenvalue weighted by molar-refractivity contribution is 5.97. The minimum absolute atomic E-state index is 0.0112. The molecule has 2 fully saturated rings. The summed E-state index contributed by atoms with van der Waals surface area (Å²) in [6.07, 6.45) is 2.75. The minimum atomic E-state index is 0.0112. The molecule has 0 N–H and O–H groups in total. The molecule has 2 heterocycles. The van der Waals surface area contributed by atoms with Gasteiger partial charge in [0.25, 0.3) is 0 Å². The molecule has 108 valence electrons. The number of benzene rings is 1. The summed E-state index contributed by atoms with van der Waals surface area (Å²) >= 11 is 0. The van der Waals surface area contributed by atoms with E-state index in [1.54, 1.807) is 0 Å². The van der Waals surface area contributed by atoms with Gasteiger partial charge in [-0.2, -0.15) is 4.98 Å². The summed E-state index contributed by atoms with van der Waals surface area (Å²) in [7, 11) is 0. The zero-order valence-electron chi connectivity index (χ0n) is 12.0. The van der Waals surface area contributed by atoms with Gasteiger partial charge in [-0.05, 0) is 31.4 Å².